The molecule has 1 aliphatic rings. The molecule has 5 aromatic rings. The van der Waals surface area contributed by atoms with Gasteiger partial charge in [-0.1, -0.05) is 97.9 Å². The number of likely N-dealkylation sites (N-methyl/N-ethyl adjacent to an activating group) is 1. The minimum Gasteiger partial charge on any atom is -0.354 e. The molecular weight excluding hydrogens is 649 g/mol. The SMILES string of the molecule is CC1CCN(C(c2ccccc2)(c2ccccc2)c2ccccc2)CC1N(C)c1nc(Cl)nc2c1ccn2SI. The molecule has 2 unspecified atom stereocenters. The number of anilines is 1. The van der Waals surface area contributed by atoms with Crippen molar-refractivity contribution in [3.8, 4) is 0 Å². The number of fused-ring (bicyclic) bond motifs is 1. The van der Waals surface area contributed by atoms with Gasteiger partial charge in [0.1, 0.15) is 5.82 Å². The van der Waals surface area contributed by atoms with Crippen molar-refractivity contribution >= 4 is 58.8 Å². The number of rotatable bonds is 7. The van der Waals surface area contributed by atoms with Gasteiger partial charge < -0.3 is 4.90 Å². The van der Waals surface area contributed by atoms with Crippen LogP contribution in [-0.4, -0.2) is 45.0 Å². The van der Waals surface area contributed by atoms with Crippen molar-refractivity contribution in [2.24, 2.45) is 5.92 Å². The maximum absolute atomic E-state index is 6.49. The van der Waals surface area contributed by atoms with Crippen molar-refractivity contribution in [2.45, 2.75) is 24.9 Å². The molecule has 0 bridgehead atoms. The van der Waals surface area contributed by atoms with Gasteiger partial charge in [-0.25, -0.2) is 0 Å². The number of likely N-dealkylation sites (tertiary alicyclic amines) is 1. The maximum atomic E-state index is 6.49. The fraction of sp³-hybridized carbons (Fsp3) is 0.250. The predicted octanol–water partition coefficient (Wildman–Crippen LogP) is 8.07. The van der Waals surface area contributed by atoms with E-state index in [2.05, 4.69) is 147 Å². The lowest BCUT2D eigenvalue weighted by atomic mass is 9.74. The van der Waals surface area contributed by atoms with Gasteiger partial charge in [0.25, 0.3) is 0 Å². The van der Waals surface area contributed by atoms with E-state index in [4.69, 9.17) is 16.6 Å². The van der Waals surface area contributed by atoms with Crippen molar-refractivity contribution in [3.05, 3.63) is 125 Å². The van der Waals surface area contributed by atoms with Crippen LogP contribution in [0.3, 0.4) is 0 Å². The van der Waals surface area contributed by atoms with Crippen molar-refractivity contribution in [1.29, 1.82) is 0 Å². The number of halogens is 2. The highest BCUT2D eigenvalue weighted by atomic mass is 127. The highest BCUT2D eigenvalue weighted by Gasteiger charge is 2.45. The standard InChI is InChI=1S/C32H31ClIN5S/c1-23-18-20-38(22-28(23)37(2)29-27-19-21-39(40-34)30(27)36-31(33)35-29)32(24-12-6-3-7-13-24,25-14-8-4-9-15-25)26-16-10-5-11-17-26/h3-17,19,21,23,28H,18,20,22H2,1-2H3. The van der Waals surface area contributed by atoms with E-state index in [1.165, 1.54) is 16.7 Å². The van der Waals surface area contributed by atoms with E-state index in [1.54, 1.807) is 9.12 Å². The molecule has 8 heteroatoms. The average Bonchev–Trinajstić information content (AvgIpc) is 3.42. The number of aromatic nitrogens is 3. The Hall–Kier alpha value is -2.59. The molecule has 0 spiro atoms. The maximum Gasteiger partial charge on any atom is 0.226 e. The summed E-state index contributed by atoms with van der Waals surface area (Å²) < 4.78 is 2.03. The van der Waals surface area contributed by atoms with E-state index < -0.39 is 5.54 Å². The smallest absolute Gasteiger partial charge is 0.226 e. The molecule has 204 valence electrons. The van der Waals surface area contributed by atoms with Gasteiger partial charge in [-0.15, -0.1) is 0 Å². The van der Waals surface area contributed by atoms with Crippen LogP contribution in [0.1, 0.15) is 30.0 Å². The lowest BCUT2D eigenvalue weighted by molar-refractivity contribution is 0.0897. The molecule has 1 aliphatic heterocycles. The molecule has 2 atom stereocenters. The van der Waals surface area contributed by atoms with Gasteiger partial charge in [-0.2, -0.15) is 9.97 Å². The fourth-order valence-electron chi connectivity index (χ4n) is 6.38. The van der Waals surface area contributed by atoms with Gasteiger partial charge in [-0.3, -0.25) is 8.87 Å². The molecule has 0 N–H and O–H groups in total. The fourth-order valence-corrected chi connectivity index (χ4v) is 7.80. The zero-order valence-corrected chi connectivity index (χ0v) is 26.2. The van der Waals surface area contributed by atoms with E-state index in [9.17, 15) is 0 Å². The number of piperidine rings is 1. The second-order valence-corrected chi connectivity index (χ2v) is 12.5. The first-order chi connectivity index (χ1) is 19.5. The van der Waals surface area contributed by atoms with E-state index in [0.717, 1.165) is 36.4 Å². The van der Waals surface area contributed by atoms with Crippen LogP contribution in [0.25, 0.3) is 11.0 Å². The molecule has 1 fully saturated rings. The number of hydrogen-bond acceptors (Lipinski definition) is 5. The van der Waals surface area contributed by atoms with Crippen molar-refractivity contribution in [2.75, 3.05) is 25.0 Å². The molecular formula is C32H31ClIN5S. The highest BCUT2D eigenvalue weighted by molar-refractivity contribution is 14.2. The first-order valence-electron chi connectivity index (χ1n) is 13.5. The van der Waals surface area contributed by atoms with Crippen LogP contribution < -0.4 is 4.90 Å². The predicted molar refractivity (Wildman–Crippen MR) is 176 cm³/mol. The molecule has 1 saturated heterocycles. The van der Waals surface area contributed by atoms with Crippen LogP contribution in [0.5, 0.6) is 0 Å². The summed E-state index contributed by atoms with van der Waals surface area (Å²) in [4.78, 5) is 14.3. The topological polar surface area (TPSA) is 37.2 Å². The van der Waals surface area contributed by atoms with E-state index >= 15 is 0 Å². The summed E-state index contributed by atoms with van der Waals surface area (Å²) >= 11 is 8.76. The third kappa shape index (κ3) is 4.81. The van der Waals surface area contributed by atoms with Crippen LogP contribution in [0.15, 0.2) is 103 Å². The third-order valence-corrected chi connectivity index (χ3v) is 10.2. The van der Waals surface area contributed by atoms with Crippen LogP contribution in [0.4, 0.5) is 5.82 Å². The van der Waals surface area contributed by atoms with Gasteiger partial charge >= 0.3 is 0 Å². The second kappa shape index (κ2) is 11.7. The largest absolute Gasteiger partial charge is 0.354 e. The Labute approximate surface area is 257 Å². The summed E-state index contributed by atoms with van der Waals surface area (Å²) in [5, 5.41) is 1.29. The molecule has 2 aromatic heterocycles. The molecule has 3 aromatic carbocycles. The van der Waals surface area contributed by atoms with Gasteiger partial charge in [-0.05, 0) is 46.7 Å². The first kappa shape index (κ1) is 27.6. The number of hydrogen-bond donors (Lipinski definition) is 0. The highest BCUT2D eigenvalue weighted by Crippen LogP contribution is 2.45. The Kier molecular flexibility index (Phi) is 8.08. The molecule has 0 aliphatic carbocycles. The van der Waals surface area contributed by atoms with Crippen molar-refractivity contribution in [1.82, 2.24) is 18.8 Å². The summed E-state index contributed by atoms with van der Waals surface area (Å²) in [5.41, 5.74) is 4.21. The van der Waals surface area contributed by atoms with E-state index in [-0.39, 0.29) is 11.3 Å². The quantitative estimate of drug-likeness (QED) is 0.0989. The lowest BCUT2D eigenvalue weighted by Crippen LogP contribution is -2.58. The minimum absolute atomic E-state index is 0.217. The third-order valence-electron chi connectivity index (χ3n) is 8.34. The van der Waals surface area contributed by atoms with E-state index in [1.807, 2.05) is 10.2 Å². The van der Waals surface area contributed by atoms with Crippen LogP contribution in [0.2, 0.25) is 5.28 Å². The summed E-state index contributed by atoms with van der Waals surface area (Å²) in [6.07, 6.45) is 3.10. The Balaban J connectivity index is 1.49. The van der Waals surface area contributed by atoms with Gasteiger partial charge in [0.15, 0.2) is 5.65 Å². The lowest BCUT2D eigenvalue weighted by Gasteiger charge is -2.52. The zero-order chi connectivity index (χ0) is 27.7. The summed E-state index contributed by atoms with van der Waals surface area (Å²) in [6.45, 7) is 4.20. The minimum atomic E-state index is -0.442. The van der Waals surface area contributed by atoms with Crippen LogP contribution in [0, 0.1) is 5.92 Å². The Morgan fingerprint density at radius 3 is 1.95 bits per heavy atom. The van der Waals surface area contributed by atoms with Gasteiger partial charge in [0.2, 0.25) is 5.28 Å². The molecule has 0 amide bonds. The van der Waals surface area contributed by atoms with Crippen LogP contribution in [-0.2, 0) is 5.54 Å². The van der Waals surface area contributed by atoms with Crippen LogP contribution >= 0.6 is 41.9 Å². The number of benzene rings is 3. The Morgan fingerprint density at radius 2 is 1.43 bits per heavy atom. The Morgan fingerprint density at radius 1 is 0.875 bits per heavy atom. The van der Waals surface area contributed by atoms with Gasteiger partial charge in [0, 0.05) is 62.7 Å². The zero-order valence-electron chi connectivity index (χ0n) is 22.5. The average molecular weight is 680 g/mol. The molecule has 6 rings (SSSR count). The van der Waals surface area contributed by atoms with Crippen molar-refractivity contribution in [3.63, 3.8) is 0 Å². The second-order valence-electron chi connectivity index (χ2n) is 10.5. The van der Waals surface area contributed by atoms with Crippen molar-refractivity contribution < 1.29 is 0 Å². The molecule has 3 heterocycles. The molecule has 0 radical (unpaired) electrons. The summed E-state index contributed by atoms with van der Waals surface area (Å²) in [6, 6.07) is 35.2. The first-order valence-corrected chi connectivity index (χ1v) is 17.2. The monoisotopic (exact) mass is 679 g/mol. The van der Waals surface area contributed by atoms with E-state index in [0.29, 0.717) is 5.92 Å². The molecule has 5 nitrogen and oxygen atoms in total. The number of nitrogens with zero attached hydrogens (tertiary/aromatic N) is 5. The molecule has 0 saturated carbocycles. The Bertz CT molecular complexity index is 1480. The normalized spacial score (nSPS) is 18.2. The summed E-state index contributed by atoms with van der Waals surface area (Å²) in [5.74, 6) is 1.34. The molecule has 40 heavy (non-hydrogen) atoms. The summed E-state index contributed by atoms with van der Waals surface area (Å²) in [7, 11) is 3.74. The van der Waals surface area contributed by atoms with Gasteiger partial charge in [0.05, 0.1) is 10.9 Å².